The summed E-state index contributed by atoms with van der Waals surface area (Å²) in [6, 6.07) is 15.5. The van der Waals surface area contributed by atoms with Gasteiger partial charge in [0.25, 0.3) is 0 Å². The van der Waals surface area contributed by atoms with Crippen molar-refractivity contribution in [2.45, 2.75) is 13.1 Å². The molecular weight excluding hydrogens is 361 g/mol. The Kier molecular flexibility index (Phi) is 5.37. The molecule has 0 amide bonds. The zero-order valence-electron chi connectivity index (χ0n) is 13.8. The van der Waals surface area contributed by atoms with Crippen LogP contribution in [0.5, 0.6) is 5.75 Å². The van der Waals surface area contributed by atoms with Gasteiger partial charge in [-0.1, -0.05) is 41.7 Å². The summed E-state index contributed by atoms with van der Waals surface area (Å²) in [6.07, 6.45) is -3.04. The van der Waals surface area contributed by atoms with Gasteiger partial charge in [-0.25, -0.2) is 9.98 Å². The van der Waals surface area contributed by atoms with Crippen molar-refractivity contribution in [3.8, 4) is 16.2 Å². The molecule has 0 unspecified atom stereocenters. The van der Waals surface area contributed by atoms with E-state index >= 15 is 0 Å². The van der Waals surface area contributed by atoms with Crippen LogP contribution in [0.4, 0.5) is 18.3 Å². The SMILES string of the molecule is CCOc1ccc(C=Nc2nc(C(F)(F)F)c(-c3ccccc3)s2)cc1. The molecule has 134 valence electrons. The molecule has 0 atom stereocenters. The van der Waals surface area contributed by atoms with Gasteiger partial charge in [-0.3, -0.25) is 0 Å². The number of halogens is 3. The molecule has 1 heterocycles. The quantitative estimate of drug-likeness (QED) is 0.514. The first kappa shape index (κ1) is 18.1. The molecule has 0 aliphatic carbocycles. The monoisotopic (exact) mass is 376 g/mol. The Balaban J connectivity index is 1.90. The predicted molar refractivity (Wildman–Crippen MR) is 97.4 cm³/mol. The molecule has 0 radical (unpaired) electrons. The van der Waals surface area contributed by atoms with Gasteiger partial charge in [0.05, 0.1) is 11.5 Å². The first-order chi connectivity index (χ1) is 12.5. The van der Waals surface area contributed by atoms with Crippen molar-refractivity contribution >= 4 is 22.7 Å². The van der Waals surface area contributed by atoms with Crippen LogP contribution >= 0.6 is 11.3 Å². The van der Waals surface area contributed by atoms with Crippen LogP contribution in [0.15, 0.2) is 59.6 Å². The Morgan fingerprint density at radius 2 is 1.77 bits per heavy atom. The molecule has 0 N–H and O–H groups in total. The van der Waals surface area contributed by atoms with E-state index in [-0.39, 0.29) is 10.0 Å². The zero-order valence-corrected chi connectivity index (χ0v) is 14.6. The number of benzene rings is 2. The number of hydrogen-bond donors (Lipinski definition) is 0. The molecule has 7 heteroatoms. The van der Waals surface area contributed by atoms with Crippen molar-refractivity contribution in [2.24, 2.45) is 4.99 Å². The van der Waals surface area contributed by atoms with E-state index in [1.165, 1.54) is 6.21 Å². The van der Waals surface area contributed by atoms with E-state index in [2.05, 4.69) is 9.98 Å². The standard InChI is InChI=1S/C19H15F3N2OS/c1-2-25-15-10-8-13(9-11-15)12-23-18-24-17(19(20,21)22)16(26-18)14-6-4-3-5-7-14/h3-12H,2H2,1H3. The lowest BCUT2D eigenvalue weighted by Gasteiger charge is -2.05. The number of ether oxygens (including phenoxy) is 1. The fraction of sp³-hybridized carbons (Fsp3) is 0.158. The summed E-state index contributed by atoms with van der Waals surface area (Å²) in [6.45, 7) is 2.45. The van der Waals surface area contributed by atoms with Crippen LogP contribution in [0.2, 0.25) is 0 Å². The second kappa shape index (κ2) is 7.70. The van der Waals surface area contributed by atoms with E-state index in [0.717, 1.165) is 22.6 Å². The molecule has 0 aliphatic heterocycles. The number of aromatic nitrogens is 1. The second-order valence-electron chi connectivity index (χ2n) is 5.30. The van der Waals surface area contributed by atoms with Crippen LogP contribution in [-0.4, -0.2) is 17.8 Å². The summed E-state index contributed by atoms with van der Waals surface area (Å²) >= 11 is 0.916. The van der Waals surface area contributed by atoms with Gasteiger partial charge in [-0.2, -0.15) is 13.2 Å². The first-order valence-corrected chi connectivity index (χ1v) is 8.69. The molecule has 3 aromatic rings. The molecule has 0 fully saturated rings. The summed E-state index contributed by atoms with van der Waals surface area (Å²) in [5, 5.41) is 0.0602. The van der Waals surface area contributed by atoms with Gasteiger partial charge in [0, 0.05) is 6.21 Å². The highest BCUT2D eigenvalue weighted by atomic mass is 32.1. The molecular formula is C19H15F3N2OS. The van der Waals surface area contributed by atoms with Gasteiger partial charge in [0.2, 0.25) is 5.13 Å². The maximum absolute atomic E-state index is 13.3. The largest absolute Gasteiger partial charge is 0.494 e. The highest BCUT2D eigenvalue weighted by Gasteiger charge is 2.37. The molecule has 26 heavy (non-hydrogen) atoms. The van der Waals surface area contributed by atoms with Gasteiger partial charge in [-0.05, 0) is 42.3 Å². The van der Waals surface area contributed by atoms with Crippen molar-refractivity contribution in [3.63, 3.8) is 0 Å². The molecule has 0 saturated heterocycles. The third kappa shape index (κ3) is 4.29. The summed E-state index contributed by atoms with van der Waals surface area (Å²) in [4.78, 5) is 7.87. The maximum atomic E-state index is 13.3. The molecule has 0 bridgehead atoms. The van der Waals surface area contributed by atoms with Crippen LogP contribution in [0.3, 0.4) is 0 Å². The lowest BCUT2D eigenvalue weighted by Crippen LogP contribution is -2.06. The highest BCUT2D eigenvalue weighted by Crippen LogP contribution is 2.42. The van der Waals surface area contributed by atoms with Crippen LogP contribution in [-0.2, 0) is 6.18 Å². The molecule has 3 rings (SSSR count). The van der Waals surface area contributed by atoms with Gasteiger partial charge in [0.15, 0.2) is 5.69 Å². The summed E-state index contributed by atoms with van der Waals surface area (Å²) < 4.78 is 45.3. The van der Waals surface area contributed by atoms with Gasteiger partial charge >= 0.3 is 6.18 Å². The number of nitrogens with zero attached hydrogens (tertiary/aromatic N) is 2. The first-order valence-electron chi connectivity index (χ1n) is 7.87. The predicted octanol–water partition coefficient (Wildman–Crippen LogP) is 5.98. The highest BCUT2D eigenvalue weighted by molar-refractivity contribution is 7.18. The minimum atomic E-state index is -4.53. The lowest BCUT2D eigenvalue weighted by atomic mass is 10.1. The Morgan fingerprint density at radius 1 is 1.08 bits per heavy atom. The maximum Gasteiger partial charge on any atom is 0.434 e. The number of thiazole rings is 1. The third-order valence-electron chi connectivity index (χ3n) is 3.44. The van der Waals surface area contributed by atoms with Gasteiger partial charge in [-0.15, -0.1) is 0 Å². The van der Waals surface area contributed by atoms with E-state index in [1.54, 1.807) is 54.6 Å². The van der Waals surface area contributed by atoms with Crippen LogP contribution in [0.25, 0.3) is 10.4 Å². The van der Waals surface area contributed by atoms with E-state index in [4.69, 9.17) is 4.74 Å². The van der Waals surface area contributed by atoms with E-state index in [1.807, 2.05) is 6.92 Å². The molecule has 3 nitrogen and oxygen atoms in total. The third-order valence-corrected chi connectivity index (χ3v) is 4.45. The summed E-state index contributed by atoms with van der Waals surface area (Å²) in [7, 11) is 0. The fourth-order valence-electron chi connectivity index (χ4n) is 2.29. The van der Waals surface area contributed by atoms with Crippen molar-refractivity contribution in [1.29, 1.82) is 0 Å². The number of rotatable bonds is 5. The Morgan fingerprint density at radius 3 is 2.38 bits per heavy atom. The van der Waals surface area contributed by atoms with E-state index < -0.39 is 11.9 Å². The Labute approximate surface area is 152 Å². The summed E-state index contributed by atoms with van der Waals surface area (Å²) in [5.74, 6) is 0.727. The topological polar surface area (TPSA) is 34.5 Å². The average Bonchev–Trinajstić information content (AvgIpc) is 3.07. The van der Waals surface area contributed by atoms with Crippen molar-refractivity contribution in [3.05, 3.63) is 65.9 Å². The minimum Gasteiger partial charge on any atom is -0.494 e. The fourth-order valence-corrected chi connectivity index (χ4v) is 3.22. The van der Waals surface area contributed by atoms with Crippen molar-refractivity contribution < 1.29 is 17.9 Å². The van der Waals surface area contributed by atoms with Crippen molar-refractivity contribution in [2.75, 3.05) is 6.61 Å². The van der Waals surface area contributed by atoms with Crippen LogP contribution in [0, 0.1) is 0 Å². The number of alkyl halides is 3. The van der Waals surface area contributed by atoms with Gasteiger partial charge < -0.3 is 4.74 Å². The van der Waals surface area contributed by atoms with Crippen LogP contribution in [0.1, 0.15) is 18.2 Å². The van der Waals surface area contributed by atoms with Gasteiger partial charge in [0.1, 0.15) is 5.75 Å². The number of aliphatic imine (C=N–C) groups is 1. The number of hydrogen-bond acceptors (Lipinski definition) is 4. The Hall–Kier alpha value is -2.67. The minimum absolute atomic E-state index is 0.0602. The average molecular weight is 376 g/mol. The normalized spacial score (nSPS) is 11.8. The second-order valence-corrected chi connectivity index (χ2v) is 6.28. The van der Waals surface area contributed by atoms with E-state index in [0.29, 0.717) is 12.2 Å². The molecule has 0 spiro atoms. The molecule has 0 aliphatic rings. The smallest absolute Gasteiger partial charge is 0.434 e. The molecule has 1 aromatic heterocycles. The van der Waals surface area contributed by atoms with Crippen LogP contribution < -0.4 is 4.74 Å². The summed E-state index contributed by atoms with van der Waals surface area (Å²) in [5.41, 5.74) is 0.311. The molecule has 2 aromatic carbocycles. The zero-order chi connectivity index (χ0) is 18.6. The van der Waals surface area contributed by atoms with E-state index in [9.17, 15) is 13.2 Å². The lowest BCUT2D eigenvalue weighted by molar-refractivity contribution is -0.140. The molecule has 0 saturated carbocycles. The van der Waals surface area contributed by atoms with Crippen molar-refractivity contribution in [1.82, 2.24) is 4.98 Å². The Bertz CT molecular complexity index is 887.